The maximum Gasteiger partial charge on any atom is 0.305 e. The predicted octanol–water partition coefficient (Wildman–Crippen LogP) is 20.5. The van der Waals surface area contributed by atoms with E-state index >= 15 is 0 Å². The van der Waals surface area contributed by atoms with E-state index in [-0.39, 0.29) is 30.3 Å². The van der Waals surface area contributed by atoms with Crippen LogP contribution in [0.4, 0.5) is 0 Å². The zero-order valence-electron chi connectivity index (χ0n) is 61.7. The summed E-state index contributed by atoms with van der Waals surface area (Å²) >= 11 is 0. The van der Waals surface area contributed by atoms with E-state index in [4.69, 9.17) is 4.74 Å². The zero-order chi connectivity index (χ0) is 67.6. The molecule has 1 aliphatic rings. The van der Waals surface area contributed by atoms with Gasteiger partial charge in [-0.05, 0) is 117 Å². The van der Waals surface area contributed by atoms with Gasteiger partial charge in [-0.1, -0.05) is 289 Å². The Labute approximate surface area is 584 Å². The number of carbonyl (C=O) groups is 1. The number of ether oxygens (including phenoxy) is 1. The Bertz CT molecular complexity index is 1680. The van der Waals surface area contributed by atoms with Crippen LogP contribution in [0, 0.1) is 0 Å². The van der Waals surface area contributed by atoms with Gasteiger partial charge in [-0.2, -0.15) is 0 Å². The van der Waals surface area contributed by atoms with E-state index in [9.17, 15) is 25.2 Å². The van der Waals surface area contributed by atoms with Gasteiger partial charge in [0, 0.05) is 95.5 Å². The van der Waals surface area contributed by atoms with Crippen LogP contribution < -0.4 is 0 Å². The summed E-state index contributed by atoms with van der Waals surface area (Å²) < 4.78 is 5.82. The molecule has 544 valence electrons. The molecule has 10 nitrogen and oxygen atoms in total. The third-order valence-corrected chi connectivity index (χ3v) is 21.2. The predicted molar refractivity (Wildman–Crippen MR) is 411 cm³/mol. The minimum Gasteiger partial charge on any atom is -0.464 e. The van der Waals surface area contributed by atoms with Gasteiger partial charge < -0.3 is 25.2 Å². The molecule has 1 rings (SSSR count). The van der Waals surface area contributed by atoms with Gasteiger partial charge in [-0.15, -0.1) is 0 Å². The second-order valence-corrected chi connectivity index (χ2v) is 30.3. The van der Waals surface area contributed by atoms with E-state index in [1.807, 2.05) is 21.6 Å². The largest absolute Gasteiger partial charge is 0.464 e. The van der Waals surface area contributed by atoms with Gasteiger partial charge in [0.05, 0.1) is 24.4 Å². The van der Waals surface area contributed by atoms with E-state index in [0.29, 0.717) is 45.6 Å². The van der Waals surface area contributed by atoms with Gasteiger partial charge in [0.1, 0.15) is 6.61 Å². The first-order valence-corrected chi connectivity index (χ1v) is 42.0. The number of carbonyl (C=O) groups excluding carboxylic acids is 1. The van der Waals surface area contributed by atoms with Crippen LogP contribution in [0.2, 0.25) is 0 Å². The van der Waals surface area contributed by atoms with Gasteiger partial charge in [0.25, 0.3) is 0 Å². The van der Waals surface area contributed by atoms with Crippen molar-refractivity contribution in [1.82, 2.24) is 19.6 Å². The number of hydrogen-bond donors (Lipinski definition) is 4. The average Bonchev–Trinajstić information content (AvgIpc) is 2.65. The van der Waals surface area contributed by atoms with Gasteiger partial charge in [-0.25, -0.2) is 0 Å². The van der Waals surface area contributed by atoms with Crippen LogP contribution in [0.15, 0.2) is 72.9 Å². The summed E-state index contributed by atoms with van der Waals surface area (Å²) in [5, 5.41) is 45.1. The van der Waals surface area contributed by atoms with Crippen molar-refractivity contribution in [3.8, 4) is 0 Å². The number of aliphatic hydroxyl groups excluding tert-OH is 4. The zero-order valence-corrected chi connectivity index (χ0v) is 63.3. The first-order valence-electron chi connectivity index (χ1n) is 39.5. The van der Waals surface area contributed by atoms with Crippen molar-refractivity contribution in [1.29, 1.82) is 0 Å². The van der Waals surface area contributed by atoms with Crippen molar-refractivity contribution in [2.24, 2.45) is 0 Å². The van der Waals surface area contributed by atoms with Crippen LogP contribution in [0.3, 0.4) is 0 Å². The van der Waals surface area contributed by atoms with Crippen LogP contribution in [0.5, 0.6) is 0 Å². The molecule has 0 saturated carbocycles. The topological polar surface area (TPSA) is 120 Å². The molecular formula is C81H152N4O6S2. The van der Waals surface area contributed by atoms with Crippen molar-refractivity contribution >= 4 is 27.6 Å². The number of nitrogens with zero attached hydrogens (tertiary/aromatic N) is 4. The van der Waals surface area contributed by atoms with Crippen molar-refractivity contribution < 1.29 is 30.0 Å². The van der Waals surface area contributed by atoms with Crippen LogP contribution in [-0.2, 0) is 9.53 Å². The monoisotopic (exact) mass is 1340 g/mol. The summed E-state index contributed by atoms with van der Waals surface area (Å²) in [4.78, 5) is 22.7. The third-order valence-electron chi connectivity index (χ3n) is 18.8. The van der Waals surface area contributed by atoms with Crippen LogP contribution in [-0.4, -0.2) is 166 Å². The lowest BCUT2D eigenvalue weighted by atomic mass is 10.0. The smallest absolute Gasteiger partial charge is 0.305 e. The molecule has 4 unspecified atom stereocenters. The van der Waals surface area contributed by atoms with E-state index in [0.717, 1.165) is 173 Å². The molecule has 1 saturated heterocycles. The Morgan fingerprint density at radius 2 is 0.699 bits per heavy atom. The van der Waals surface area contributed by atoms with E-state index in [1.165, 1.54) is 141 Å². The summed E-state index contributed by atoms with van der Waals surface area (Å²) in [6, 6.07) is 0.348. The standard InChI is InChI=1S/C81H152N4O6S2/c1-7-11-15-19-23-27-31-33-35-37-41-45-49-53-57-79(88)73-85(74-80(89)58-54-50-46-42-38-36-34-32-28-24-20-16-12-8-2)76(6)61-69-92-93-70-67-83-64-62-82(63-65-83)66-68-91-81(90)60-59-75(5)84(71-77(86)55-51-47-43-39-29-25-21-17-13-9-3)72-78(87)56-52-48-44-40-30-26-22-18-14-10-4/h11-12,15-16,23-24,27-28,33-36,75-80,86-89H,7-10,13-14,17-22,25-26,29-32,37-74H2,1-6H3/b15-11-,16-12-,27-23-,28-24-,35-33-,36-34-/t75?,76?,77?,78?,79-,80-/m0/s1. The quantitative estimate of drug-likeness (QED) is 0.0201. The SMILES string of the molecule is CC/C=C\C/C=C\C/C=C\CCCCCC[C@H](O)CN(C[C@@H](O)CCCCCC/C=C\C/C=C\C/C=C\CC)C(C)CCSSCCN1CCN(CCOC(=O)CCC(C)N(CC(O)CCCCCCCCCCCC)CC(O)CCCCCCCCCCCC)CC1. The fourth-order valence-electron chi connectivity index (χ4n) is 12.5. The molecule has 0 aromatic carbocycles. The average molecular weight is 1340 g/mol. The fraction of sp³-hybridized carbons (Fsp3) is 0.840. The van der Waals surface area contributed by atoms with Crippen molar-refractivity contribution in [2.75, 3.05) is 83.6 Å². The molecule has 12 heteroatoms. The van der Waals surface area contributed by atoms with Gasteiger partial charge >= 0.3 is 5.97 Å². The summed E-state index contributed by atoms with van der Waals surface area (Å²) in [6.07, 6.45) is 74.0. The minimum atomic E-state index is -0.429. The van der Waals surface area contributed by atoms with E-state index in [2.05, 4.69) is 134 Å². The van der Waals surface area contributed by atoms with Gasteiger partial charge in [-0.3, -0.25) is 24.4 Å². The second kappa shape index (κ2) is 68.8. The molecule has 4 N–H and O–H groups in total. The number of aliphatic hydroxyl groups is 4. The van der Waals surface area contributed by atoms with Crippen LogP contribution in [0.25, 0.3) is 0 Å². The van der Waals surface area contributed by atoms with E-state index in [1.54, 1.807) is 0 Å². The van der Waals surface area contributed by atoms with Gasteiger partial charge in [0.2, 0.25) is 0 Å². The molecule has 0 radical (unpaired) electrons. The summed E-state index contributed by atoms with van der Waals surface area (Å²) in [7, 11) is 3.93. The number of piperazine rings is 1. The Morgan fingerprint density at radius 3 is 1.08 bits per heavy atom. The highest BCUT2D eigenvalue weighted by molar-refractivity contribution is 8.76. The molecule has 6 atom stereocenters. The Morgan fingerprint density at radius 1 is 0.387 bits per heavy atom. The molecule has 1 aliphatic heterocycles. The number of hydrogen-bond acceptors (Lipinski definition) is 12. The Kier molecular flexibility index (Phi) is 66.1. The third kappa shape index (κ3) is 60.0. The Hall–Kier alpha value is -1.71. The Balaban J connectivity index is 2.53. The summed E-state index contributed by atoms with van der Waals surface area (Å²) in [6.45, 7) is 21.9. The maximum absolute atomic E-state index is 13.1. The number of allylic oxidation sites excluding steroid dienone is 12. The molecule has 0 aromatic heterocycles. The first-order chi connectivity index (χ1) is 45.5. The minimum absolute atomic E-state index is 0.0609. The normalized spacial score (nSPS) is 15.9. The van der Waals surface area contributed by atoms with Crippen LogP contribution >= 0.6 is 21.6 Å². The highest BCUT2D eigenvalue weighted by Crippen LogP contribution is 2.25. The lowest BCUT2D eigenvalue weighted by molar-refractivity contribution is -0.144. The van der Waals surface area contributed by atoms with Crippen LogP contribution in [0.1, 0.15) is 318 Å². The van der Waals surface area contributed by atoms with Gasteiger partial charge in [0.15, 0.2) is 0 Å². The molecule has 1 heterocycles. The molecule has 1 fully saturated rings. The van der Waals surface area contributed by atoms with Crippen molar-refractivity contribution in [2.45, 2.75) is 354 Å². The van der Waals surface area contributed by atoms with Crippen molar-refractivity contribution in [3.63, 3.8) is 0 Å². The number of esters is 1. The first kappa shape index (κ1) is 89.3. The highest BCUT2D eigenvalue weighted by atomic mass is 33.1. The summed E-state index contributed by atoms with van der Waals surface area (Å²) in [5.41, 5.74) is 0. The molecule has 0 aromatic rings. The molecule has 0 amide bonds. The highest BCUT2D eigenvalue weighted by Gasteiger charge is 2.24. The lowest BCUT2D eigenvalue weighted by Crippen LogP contribution is -2.47. The molecule has 0 bridgehead atoms. The van der Waals surface area contributed by atoms with E-state index < -0.39 is 12.2 Å². The maximum atomic E-state index is 13.1. The number of rotatable bonds is 69. The second-order valence-electron chi connectivity index (χ2n) is 27.6. The number of unbranched alkanes of at least 4 members (excludes halogenated alkanes) is 26. The lowest BCUT2D eigenvalue weighted by Gasteiger charge is -2.34. The molecule has 0 spiro atoms. The molecule has 0 aliphatic carbocycles. The summed E-state index contributed by atoms with van der Waals surface area (Å²) in [5.74, 6) is 1.98. The van der Waals surface area contributed by atoms with Crippen molar-refractivity contribution in [3.05, 3.63) is 72.9 Å². The molecule has 93 heavy (non-hydrogen) atoms. The fourth-order valence-corrected chi connectivity index (χ4v) is 14.7. The molecular weight excluding hydrogens is 1190 g/mol.